The molecule has 0 saturated heterocycles. The minimum Gasteiger partial charge on any atom is -0.444 e. The molecule has 0 aliphatic heterocycles. The number of hydrogen-bond acceptors (Lipinski definition) is 5. The molecule has 0 fully saturated rings. The van der Waals surface area contributed by atoms with E-state index < -0.39 is 52.9 Å². The lowest BCUT2D eigenvalue weighted by molar-refractivity contribution is -0.311. The number of quaternary nitrogens is 1. The van der Waals surface area contributed by atoms with E-state index in [1.54, 1.807) is 45.0 Å². The number of ether oxygens (including phenoxy) is 1. The quantitative estimate of drug-likeness (QED) is 0.286. The molecule has 0 spiro atoms. The van der Waals surface area contributed by atoms with Crippen molar-refractivity contribution < 1.29 is 34.0 Å². The van der Waals surface area contributed by atoms with Crippen molar-refractivity contribution in [2.75, 3.05) is 14.1 Å². The van der Waals surface area contributed by atoms with Crippen LogP contribution in [-0.2, 0) is 32.0 Å². The van der Waals surface area contributed by atoms with E-state index >= 15 is 0 Å². The number of nitrogens with one attached hydrogen (secondary N) is 1. The largest absolute Gasteiger partial charge is 0.444 e. The van der Waals surface area contributed by atoms with Gasteiger partial charge in [0, 0.05) is 32.5 Å². The monoisotopic (exact) mass is 633 g/mol. The van der Waals surface area contributed by atoms with Crippen molar-refractivity contribution in [2.24, 2.45) is 0 Å². The van der Waals surface area contributed by atoms with Crippen LogP contribution in [0.4, 0.5) is 9.18 Å². The average molecular weight is 634 g/mol. The maximum Gasteiger partial charge on any atom is 0.408 e. The summed E-state index contributed by atoms with van der Waals surface area (Å²) in [6.45, 7) is 8.94. The Balaban J connectivity index is 1.86. The molecule has 3 rings (SSSR count). The molecule has 0 saturated carbocycles. The molecule has 0 aliphatic rings. The third-order valence-electron chi connectivity index (χ3n) is 7.63. The first-order valence-electron chi connectivity index (χ1n) is 15.3. The van der Waals surface area contributed by atoms with E-state index in [0.717, 1.165) is 16.3 Å². The highest BCUT2D eigenvalue weighted by Gasteiger charge is 2.35. The second kappa shape index (κ2) is 15.1. The first-order chi connectivity index (χ1) is 21.5. The van der Waals surface area contributed by atoms with Crippen LogP contribution in [0, 0.1) is 5.82 Å². The van der Waals surface area contributed by atoms with Crippen LogP contribution >= 0.6 is 0 Å². The van der Waals surface area contributed by atoms with E-state index in [1.807, 2.05) is 56.3 Å². The van der Waals surface area contributed by atoms with Gasteiger partial charge in [-0.1, -0.05) is 66.7 Å². The molecule has 246 valence electrons. The van der Waals surface area contributed by atoms with Crippen LogP contribution in [0.2, 0.25) is 0 Å². The highest BCUT2D eigenvalue weighted by molar-refractivity contribution is 5.94. The van der Waals surface area contributed by atoms with Gasteiger partial charge in [-0.15, -0.1) is 0 Å². The number of amides is 4. The van der Waals surface area contributed by atoms with Crippen LogP contribution in [0.5, 0.6) is 0 Å². The Hall–Kier alpha value is -4.57. The Labute approximate surface area is 270 Å². The molecule has 4 amide bonds. The Morgan fingerprint density at radius 3 is 2.13 bits per heavy atom. The van der Waals surface area contributed by atoms with Crippen molar-refractivity contribution in [3.63, 3.8) is 0 Å². The predicted octanol–water partition coefficient (Wildman–Crippen LogP) is 4.44. The SMILES string of the molecule is CN(C(=O)/C=C/CC(C)(C)NC(=O)OC(C)(C)C)C(Cc1ccc2ccccc2c1)C(=O)N(C)C(Cc1ccccc1F)C([NH3+])=O. The zero-order valence-corrected chi connectivity index (χ0v) is 27.8. The topological polar surface area (TPSA) is 124 Å². The molecule has 0 aromatic heterocycles. The minimum atomic E-state index is -1.04. The highest BCUT2D eigenvalue weighted by atomic mass is 19.1. The number of rotatable bonds is 12. The van der Waals surface area contributed by atoms with Crippen LogP contribution in [0.25, 0.3) is 10.8 Å². The molecule has 0 aliphatic carbocycles. The van der Waals surface area contributed by atoms with Gasteiger partial charge < -0.3 is 19.9 Å². The number of alkyl carbamates (subject to hydrolysis) is 1. The molecule has 0 bridgehead atoms. The van der Waals surface area contributed by atoms with Crippen LogP contribution in [0.15, 0.2) is 78.9 Å². The summed E-state index contributed by atoms with van der Waals surface area (Å²) in [4.78, 5) is 55.1. The molecule has 3 aromatic rings. The molecule has 0 heterocycles. The molecular weight excluding hydrogens is 587 g/mol. The van der Waals surface area contributed by atoms with Gasteiger partial charge in [-0.05, 0) is 75.1 Å². The molecule has 46 heavy (non-hydrogen) atoms. The van der Waals surface area contributed by atoms with E-state index in [0.29, 0.717) is 6.42 Å². The lowest BCUT2D eigenvalue weighted by Gasteiger charge is -2.33. The third-order valence-corrected chi connectivity index (χ3v) is 7.63. The third kappa shape index (κ3) is 10.2. The van der Waals surface area contributed by atoms with Gasteiger partial charge >= 0.3 is 12.0 Å². The van der Waals surface area contributed by atoms with E-state index in [1.165, 1.54) is 36.0 Å². The summed E-state index contributed by atoms with van der Waals surface area (Å²) in [6, 6.07) is 17.7. The number of carbonyl (C=O) groups excluding carboxylic acids is 4. The molecule has 10 heteroatoms. The van der Waals surface area contributed by atoms with Gasteiger partial charge in [-0.3, -0.25) is 15.3 Å². The first kappa shape index (κ1) is 35.9. The standard InChI is InChI=1S/C36H45FN4O5/c1-35(2,3)46-34(45)39-36(4,5)20-12-17-31(42)40(6)30(22-24-18-19-25-13-8-9-14-26(25)21-24)33(44)41(7)29(32(38)43)23-27-15-10-11-16-28(27)37/h8-19,21,29-30H,20,22-23H2,1-7H3,(H2,38,43)(H,39,45)/p+1/b17-12+. The van der Waals surface area contributed by atoms with Gasteiger partial charge in [0.05, 0.1) is 0 Å². The van der Waals surface area contributed by atoms with E-state index in [-0.39, 0.29) is 18.4 Å². The predicted molar refractivity (Wildman–Crippen MR) is 176 cm³/mol. The van der Waals surface area contributed by atoms with Crippen molar-refractivity contribution in [3.8, 4) is 0 Å². The summed E-state index contributed by atoms with van der Waals surface area (Å²) >= 11 is 0. The van der Waals surface area contributed by atoms with Gasteiger partial charge in [-0.25, -0.2) is 14.0 Å². The Morgan fingerprint density at radius 1 is 0.870 bits per heavy atom. The summed E-state index contributed by atoms with van der Waals surface area (Å²) in [7, 11) is 3.01. The van der Waals surface area contributed by atoms with Gasteiger partial charge in [0.2, 0.25) is 11.8 Å². The number of halogens is 1. The second-order valence-corrected chi connectivity index (χ2v) is 13.2. The second-order valence-electron chi connectivity index (χ2n) is 13.2. The maximum atomic E-state index is 14.5. The van der Waals surface area contributed by atoms with E-state index in [2.05, 4.69) is 11.1 Å². The van der Waals surface area contributed by atoms with E-state index in [4.69, 9.17) is 4.74 Å². The highest BCUT2D eigenvalue weighted by Crippen LogP contribution is 2.21. The van der Waals surface area contributed by atoms with Crippen LogP contribution in [0.1, 0.15) is 52.2 Å². The summed E-state index contributed by atoms with van der Waals surface area (Å²) in [5.41, 5.74) is 3.28. The van der Waals surface area contributed by atoms with Crippen molar-refractivity contribution in [2.45, 2.75) is 77.1 Å². The normalized spacial score (nSPS) is 13.2. The van der Waals surface area contributed by atoms with Crippen molar-refractivity contribution in [3.05, 3.63) is 95.8 Å². The Bertz CT molecular complexity index is 1600. The molecule has 4 N–H and O–H groups in total. The van der Waals surface area contributed by atoms with Gasteiger partial charge in [0.15, 0.2) is 6.04 Å². The van der Waals surface area contributed by atoms with Crippen molar-refractivity contribution in [1.29, 1.82) is 0 Å². The van der Waals surface area contributed by atoms with Crippen molar-refractivity contribution in [1.82, 2.24) is 15.1 Å². The van der Waals surface area contributed by atoms with Gasteiger partial charge in [0.1, 0.15) is 17.5 Å². The zero-order valence-electron chi connectivity index (χ0n) is 27.8. The molecule has 9 nitrogen and oxygen atoms in total. The molecule has 2 atom stereocenters. The summed E-state index contributed by atoms with van der Waals surface area (Å²) in [5, 5.41) is 4.82. The molecule has 3 aromatic carbocycles. The molecule has 2 unspecified atom stereocenters. The lowest BCUT2D eigenvalue weighted by atomic mass is 9.98. The maximum absolute atomic E-state index is 14.5. The number of benzene rings is 3. The fraction of sp³-hybridized carbons (Fsp3) is 0.389. The van der Waals surface area contributed by atoms with Gasteiger partial charge in [-0.2, -0.15) is 0 Å². The number of fused-ring (bicyclic) bond motifs is 1. The Kier molecular flexibility index (Phi) is 11.8. The average Bonchev–Trinajstić information content (AvgIpc) is 2.96. The number of hydrogen-bond donors (Lipinski definition) is 2. The molecular formula is C36H46FN4O5+. The fourth-order valence-electron chi connectivity index (χ4n) is 5.06. The fourth-order valence-corrected chi connectivity index (χ4v) is 5.06. The first-order valence-corrected chi connectivity index (χ1v) is 15.3. The summed E-state index contributed by atoms with van der Waals surface area (Å²) in [5.74, 6) is -1.95. The number of likely N-dealkylation sites (N-methyl/N-ethyl adjacent to an activating group) is 2. The number of carbonyl (C=O) groups is 4. The van der Waals surface area contributed by atoms with E-state index in [9.17, 15) is 23.6 Å². The van der Waals surface area contributed by atoms with Gasteiger partial charge in [0.25, 0.3) is 0 Å². The summed E-state index contributed by atoms with van der Waals surface area (Å²) in [6.07, 6.45) is 2.87. The molecule has 0 radical (unpaired) electrons. The van der Waals surface area contributed by atoms with Crippen LogP contribution in [-0.4, -0.2) is 70.9 Å². The van der Waals surface area contributed by atoms with Crippen LogP contribution in [0.3, 0.4) is 0 Å². The zero-order chi connectivity index (χ0) is 34.2. The lowest BCUT2D eigenvalue weighted by Crippen LogP contribution is -2.68. The number of nitrogens with zero attached hydrogens (tertiary/aromatic N) is 2. The van der Waals surface area contributed by atoms with Crippen LogP contribution < -0.4 is 11.1 Å². The van der Waals surface area contributed by atoms with Crippen molar-refractivity contribution >= 4 is 34.6 Å². The smallest absolute Gasteiger partial charge is 0.408 e. The summed E-state index contributed by atoms with van der Waals surface area (Å²) < 4.78 is 19.8. The Morgan fingerprint density at radius 2 is 1.50 bits per heavy atom. The minimum absolute atomic E-state index is 0.0583.